The molecule has 0 amide bonds. The minimum Gasteiger partial charge on any atom is -1.00 e. The molecule has 0 spiro atoms. The Kier molecular flexibility index (Phi) is 5.74. The van der Waals surface area contributed by atoms with Crippen LogP contribution in [-0.4, -0.2) is 13.0 Å². The fourth-order valence-electron chi connectivity index (χ4n) is 0.837. The minimum atomic E-state index is -3.91. The maximum Gasteiger partial charge on any atom is 1.00 e. The summed E-state index contributed by atoms with van der Waals surface area (Å²) in [6.45, 7) is 0. The number of rotatable bonds is 2. The van der Waals surface area contributed by atoms with Crippen LogP contribution in [0.25, 0.3) is 0 Å². The molecule has 0 fully saturated rings. The van der Waals surface area contributed by atoms with Crippen molar-refractivity contribution in [1.82, 2.24) is 0 Å². The van der Waals surface area contributed by atoms with Crippen molar-refractivity contribution in [2.24, 2.45) is 0 Å². The average molecular weight is 275 g/mol. The van der Waals surface area contributed by atoms with Gasteiger partial charge in [0, 0.05) is 4.47 Å². The summed E-state index contributed by atoms with van der Waals surface area (Å²) in [5.74, 6) is -0.341. The molecule has 0 saturated carbocycles. The van der Waals surface area contributed by atoms with Crippen molar-refractivity contribution >= 4 is 26.0 Å². The molecule has 0 unspecified atom stereocenters. The van der Waals surface area contributed by atoms with Crippen molar-refractivity contribution < 1.29 is 44.0 Å². The van der Waals surface area contributed by atoms with Crippen LogP contribution in [0.5, 0.6) is 0 Å². The standard InChI is InChI=1S/C7H7BrO3S.Na.H/c8-7-3-1-2-6(4-7)5-12(9,10)11;;/h1-4H,5H2,(H,9,10,11);;/q;+1;-1. The molecule has 0 bridgehead atoms. The summed E-state index contributed by atoms with van der Waals surface area (Å²) in [6.07, 6.45) is 0. The van der Waals surface area contributed by atoms with Crippen LogP contribution in [0.2, 0.25) is 0 Å². The van der Waals surface area contributed by atoms with E-state index in [-0.39, 0.29) is 36.7 Å². The van der Waals surface area contributed by atoms with Gasteiger partial charge in [-0.1, -0.05) is 28.1 Å². The molecule has 0 atom stereocenters. The van der Waals surface area contributed by atoms with Crippen LogP contribution in [0.3, 0.4) is 0 Å². The van der Waals surface area contributed by atoms with Gasteiger partial charge in [-0.3, -0.25) is 4.55 Å². The molecule has 1 N–H and O–H groups in total. The molecule has 0 radical (unpaired) electrons. The maximum atomic E-state index is 10.5. The zero-order valence-electron chi connectivity index (χ0n) is 8.07. The fourth-order valence-corrected chi connectivity index (χ4v) is 1.88. The molecule has 0 aromatic heterocycles. The van der Waals surface area contributed by atoms with E-state index in [1.54, 1.807) is 24.3 Å². The summed E-state index contributed by atoms with van der Waals surface area (Å²) in [4.78, 5) is 0. The van der Waals surface area contributed by atoms with E-state index in [2.05, 4.69) is 15.9 Å². The van der Waals surface area contributed by atoms with E-state index in [0.717, 1.165) is 4.47 Å². The van der Waals surface area contributed by atoms with Crippen molar-refractivity contribution in [3.63, 3.8) is 0 Å². The molecule has 0 saturated heterocycles. The SMILES string of the molecule is O=S(=O)(O)Cc1cccc(Br)c1.[H-].[Na+]. The van der Waals surface area contributed by atoms with Crippen molar-refractivity contribution in [1.29, 1.82) is 0 Å². The smallest absolute Gasteiger partial charge is 1.00 e. The first-order valence-corrected chi connectivity index (χ1v) is 5.57. The molecule has 0 aliphatic rings. The maximum absolute atomic E-state index is 10.5. The second-order valence-corrected chi connectivity index (χ2v) is 4.72. The van der Waals surface area contributed by atoms with E-state index < -0.39 is 10.1 Å². The molecule has 1 rings (SSSR count). The van der Waals surface area contributed by atoms with Crippen molar-refractivity contribution in [2.45, 2.75) is 5.75 Å². The van der Waals surface area contributed by atoms with E-state index in [1.807, 2.05) is 0 Å². The summed E-state index contributed by atoms with van der Waals surface area (Å²) >= 11 is 3.19. The van der Waals surface area contributed by atoms with Gasteiger partial charge in [0.05, 0.1) is 0 Å². The third-order valence-corrected chi connectivity index (χ3v) is 2.43. The van der Waals surface area contributed by atoms with E-state index in [1.165, 1.54) is 0 Å². The van der Waals surface area contributed by atoms with Crippen LogP contribution in [0.1, 0.15) is 6.99 Å². The van der Waals surface area contributed by atoms with Gasteiger partial charge in [0.25, 0.3) is 10.1 Å². The molecule has 0 aliphatic carbocycles. The van der Waals surface area contributed by atoms with Gasteiger partial charge in [-0.2, -0.15) is 8.42 Å². The summed E-state index contributed by atoms with van der Waals surface area (Å²) in [6, 6.07) is 6.78. The summed E-state index contributed by atoms with van der Waals surface area (Å²) in [5.41, 5.74) is 0.562. The molecule has 13 heavy (non-hydrogen) atoms. The first kappa shape index (κ1) is 13.6. The summed E-state index contributed by atoms with van der Waals surface area (Å²) in [5, 5.41) is 0. The predicted octanol–water partition coefficient (Wildman–Crippen LogP) is -1.05. The molecule has 68 valence electrons. The normalized spacial score (nSPS) is 10.6. The van der Waals surface area contributed by atoms with Crippen molar-refractivity contribution in [3.05, 3.63) is 34.3 Å². The Labute approximate surface area is 109 Å². The zero-order chi connectivity index (χ0) is 9.19. The van der Waals surface area contributed by atoms with Gasteiger partial charge in [0.1, 0.15) is 5.75 Å². The second-order valence-electron chi connectivity index (χ2n) is 2.36. The van der Waals surface area contributed by atoms with Crippen molar-refractivity contribution in [2.75, 3.05) is 0 Å². The third kappa shape index (κ3) is 5.83. The first-order valence-electron chi connectivity index (χ1n) is 3.17. The van der Waals surface area contributed by atoms with Crippen LogP contribution in [0.4, 0.5) is 0 Å². The largest absolute Gasteiger partial charge is 1.00 e. The van der Waals surface area contributed by atoms with Gasteiger partial charge < -0.3 is 1.43 Å². The van der Waals surface area contributed by atoms with Gasteiger partial charge in [0.2, 0.25) is 0 Å². The molecule has 0 aliphatic heterocycles. The first-order chi connectivity index (χ1) is 5.47. The van der Waals surface area contributed by atoms with Crippen LogP contribution in [0, 0.1) is 0 Å². The van der Waals surface area contributed by atoms with Crippen LogP contribution in [-0.2, 0) is 15.9 Å². The van der Waals surface area contributed by atoms with E-state index in [4.69, 9.17) is 4.55 Å². The molecule has 6 heteroatoms. The van der Waals surface area contributed by atoms with Gasteiger partial charge in [0.15, 0.2) is 0 Å². The van der Waals surface area contributed by atoms with E-state index in [0.29, 0.717) is 5.56 Å². The Morgan fingerprint density at radius 1 is 1.46 bits per heavy atom. The number of hydrogen-bond donors (Lipinski definition) is 1. The Hall–Kier alpha value is 0.610. The zero-order valence-corrected chi connectivity index (χ0v) is 11.5. The van der Waals surface area contributed by atoms with Gasteiger partial charge in [-0.25, -0.2) is 0 Å². The predicted molar refractivity (Wildman–Crippen MR) is 50.5 cm³/mol. The average Bonchev–Trinajstić information content (AvgIpc) is 1.82. The molecule has 3 nitrogen and oxygen atoms in total. The Morgan fingerprint density at radius 3 is 2.54 bits per heavy atom. The van der Waals surface area contributed by atoms with Gasteiger partial charge in [-0.15, -0.1) is 0 Å². The minimum absolute atomic E-state index is 0. The van der Waals surface area contributed by atoms with Gasteiger partial charge in [-0.05, 0) is 17.7 Å². The number of benzene rings is 1. The monoisotopic (exact) mass is 274 g/mol. The summed E-state index contributed by atoms with van der Waals surface area (Å²) < 4.78 is 30.2. The van der Waals surface area contributed by atoms with Crippen LogP contribution < -0.4 is 29.6 Å². The molecule has 1 aromatic rings. The van der Waals surface area contributed by atoms with E-state index in [9.17, 15) is 8.42 Å². The van der Waals surface area contributed by atoms with Crippen LogP contribution >= 0.6 is 15.9 Å². The second kappa shape index (κ2) is 5.48. The number of hydrogen-bond acceptors (Lipinski definition) is 2. The number of halogens is 1. The molecular weight excluding hydrogens is 267 g/mol. The molecule has 1 aromatic carbocycles. The van der Waals surface area contributed by atoms with E-state index >= 15 is 0 Å². The topological polar surface area (TPSA) is 54.4 Å². The Morgan fingerprint density at radius 2 is 2.08 bits per heavy atom. The fraction of sp³-hybridized carbons (Fsp3) is 0.143. The molecular formula is C7H8BrNaO3S. The van der Waals surface area contributed by atoms with Crippen LogP contribution in [0.15, 0.2) is 28.7 Å². The quantitative estimate of drug-likeness (QED) is 0.554. The van der Waals surface area contributed by atoms with Gasteiger partial charge >= 0.3 is 29.6 Å². The molecule has 0 heterocycles. The van der Waals surface area contributed by atoms with Crippen molar-refractivity contribution in [3.8, 4) is 0 Å². The summed E-state index contributed by atoms with van der Waals surface area (Å²) in [7, 11) is -3.91. The third-order valence-electron chi connectivity index (χ3n) is 1.24. The Bertz CT molecular complexity index is 382. The Balaban J connectivity index is 0.